The zero-order valence-corrected chi connectivity index (χ0v) is 40.5. The van der Waals surface area contributed by atoms with Gasteiger partial charge in [-0.3, -0.25) is 9.97 Å². The van der Waals surface area contributed by atoms with E-state index in [1.165, 1.54) is 32.2 Å². The molecule has 0 saturated carbocycles. The summed E-state index contributed by atoms with van der Waals surface area (Å²) < 4.78 is 10.4. The number of furan rings is 1. The average Bonchev–Trinajstić information content (AvgIpc) is 3.79. The third-order valence-electron chi connectivity index (χ3n) is 11.2. The van der Waals surface area contributed by atoms with E-state index in [1.807, 2.05) is 49.5 Å². The number of benzene rings is 5. The van der Waals surface area contributed by atoms with Gasteiger partial charge in [-0.25, -0.2) is 0 Å². The molecule has 0 amide bonds. The van der Waals surface area contributed by atoms with Crippen LogP contribution in [-0.2, 0) is 26.7 Å². The number of aryl methyl sites for hydroxylation is 2. The standard InChI is InChI=1S/C39H36N3O.C14H16GeN.Ir/c1-23(2)31-20-28(27-13-8-7-9-14-27)21-32(24(3)4)33(31)22-42-35-18-11-10-17-34(35)41-39(42)30-16-12-15-29-37-26(6)40-25(5)19-36(37)43-38(29)30;1-15(2,3)13-9-10-14(16-11-13)12-7-5-4-6-8-12;/h7-15,17-21,23-24H,22H2,1-6H3;4-7,9-11H,1-3H3;/q2*-1;. The summed E-state index contributed by atoms with van der Waals surface area (Å²) in [4.78, 5) is 14.5. The Hall–Kier alpha value is -5.14. The van der Waals surface area contributed by atoms with E-state index in [2.05, 4.69) is 159 Å². The number of imidazole rings is 1. The van der Waals surface area contributed by atoms with Crippen LogP contribution in [0.25, 0.3) is 66.7 Å². The molecule has 4 aromatic heterocycles. The maximum absolute atomic E-state index is 6.56. The molecule has 0 spiro atoms. The molecule has 0 bridgehead atoms. The first-order valence-electron chi connectivity index (χ1n) is 20.7. The SMILES string of the molecule is Cc1cc2oc3c(-c4nc5ccccc5n4Cc4c(C(C)C)cc(-c5ccccc5)cc4C(C)C)[c-]ccc3c2c(C)n1.[CH3][Ge]([CH3])([CH3])[c]1ccc(-c2[c-]cccc2)nc1.[Ir]. The minimum absolute atomic E-state index is 0. The number of nitrogens with zero attached hydrogens (tertiary/aromatic N) is 4. The molecule has 5 aromatic carbocycles. The largest absolute Gasteiger partial charge is 0 e. The van der Waals surface area contributed by atoms with Crippen molar-refractivity contribution in [3.63, 3.8) is 0 Å². The van der Waals surface area contributed by atoms with Crippen molar-refractivity contribution in [1.82, 2.24) is 19.5 Å². The predicted octanol–water partition coefficient (Wildman–Crippen LogP) is 13.5. The van der Waals surface area contributed by atoms with E-state index in [1.54, 1.807) is 0 Å². The Morgan fingerprint density at radius 2 is 1.42 bits per heavy atom. The summed E-state index contributed by atoms with van der Waals surface area (Å²) >= 11 is -1.72. The van der Waals surface area contributed by atoms with Gasteiger partial charge in [0, 0.05) is 49.5 Å². The van der Waals surface area contributed by atoms with Crippen LogP contribution in [0.4, 0.5) is 0 Å². The molecule has 305 valence electrons. The van der Waals surface area contributed by atoms with Gasteiger partial charge in [-0.15, -0.1) is 18.2 Å². The fraction of sp³-hybridized carbons (Fsp3) is 0.226. The fourth-order valence-electron chi connectivity index (χ4n) is 8.13. The zero-order chi connectivity index (χ0) is 41.4. The maximum Gasteiger partial charge on any atom is 0 e. The molecule has 0 N–H and O–H groups in total. The van der Waals surface area contributed by atoms with Gasteiger partial charge in [0.2, 0.25) is 0 Å². The van der Waals surface area contributed by atoms with Crippen molar-refractivity contribution in [3.05, 3.63) is 168 Å². The zero-order valence-electron chi connectivity index (χ0n) is 36.0. The van der Waals surface area contributed by atoms with Crippen molar-refractivity contribution in [1.29, 1.82) is 0 Å². The molecule has 60 heavy (non-hydrogen) atoms. The number of aromatic nitrogens is 4. The third-order valence-corrected chi connectivity index (χ3v) is 15.5. The normalized spacial score (nSPS) is 11.7. The van der Waals surface area contributed by atoms with Crippen LogP contribution < -0.4 is 4.40 Å². The van der Waals surface area contributed by atoms with Crippen LogP contribution in [0.15, 0.2) is 132 Å². The van der Waals surface area contributed by atoms with Crippen molar-refractivity contribution in [2.75, 3.05) is 0 Å². The quantitative estimate of drug-likeness (QED) is 0.112. The summed E-state index contributed by atoms with van der Waals surface area (Å²) in [5.74, 6) is 8.73. The Bertz CT molecular complexity index is 2880. The third kappa shape index (κ3) is 8.70. The second-order valence-electron chi connectivity index (χ2n) is 17.2. The molecule has 0 aliphatic rings. The maximum atomic E-state index is 6.56. The molecular weight excluding hydrogens is 973 g/mol. The van der Waals surface area contributed by atoms with Gasteiger partial charge in [-0.1, -0.05) is 93.2 Å². The van der Waals surface area contributed by atoms with Crippen LogP contribution in [0.3, 0.4) is 0 Å². The van der Waals surface area contributed by atoms with E-state index >= 15 is 0 Å². The van der Waals surface area contributed by atoms with Gasteiger partial charge >= 0.3 is 99.8 Å². The predicted molar refractivity (Wildman–Crippen MR) is 249 cm³/mol. The molecule has 4 heterocycles. The molecule has 7 heteroatoms. The smallest absolute Gasteiger partial charge is 0 e. The Morgan fingerprint density at radius 3 is 2.07 bits per heavy atom. The van der Waals surface area contributed by atoms with E-state index < -0.39 is 13.3 Å². The van der Waals surface area contributed by atoms with Crippen LogP contribution in [0.5, 0.6) is 0 Å². The summed E-state index contributed by atoms with van der Waals surface area (Å²) in [5.41, 5.74) is 15.2. The number of para-hydroxylation sites is 2. The van der Waals surface area contributed by atoms with Crippen molar-refractivity contribution in [3.8, 4) is 33.8 Å². The summed E-state index contributed by atoms with van der Waals surface area (Å²) in [7, 11) is 0. The average molecular weight is 1030 g/mol. The molecule has 1 radical (unpaired) electrons. The van der Waals surface area contributed by atoms with Crippen molar-refractivity contribution in [2.24, 2.45) is 0 Å². The van der Waals surface area contributed by atoms with E-state index in [4.69, 9.17) is 14.4 Å². The van der Waals surface area contributed by atoms with Crippen LogP contribution >= 0.6 is 0 Å². The van der Waals surface area contributed by atoms with Gasteiger partial charge in [0.15, 0.2) is 0 Å². The molecule has 0 atom stereocenters. The Kier molecular flexibility index (Phi) is 12.8. The summed E-state index contributed by atoms with van der Waals surface area (Å²) in [6.45, 7) is 14.0. The van der Waals surface area contributed by atoms with E-state index in [9.17, 15) is 0 Å². The molecule has 0 fully saturated rings. The monoisotopic (exact) mass is 1030 g/mol. The first-order valence-corrected chi connectivity index (χ1v) is 28.0. The number of pyridine rings is 2. The second kappa shape index (κ2) is 17.8. The minimum Gasteiger partial charge on any atom is 0 e. The molecule has 0 saturated heterocycles. The molecule has 0 aliphatic heterocycles. The van der Waals surface area contributed by atoms with Gasteiger partial charge in [-0.05, 0) is 65.6 Å². The number of hydrogen-bond acceptors (Lipinski definition) is 4. The first-order chi connectivity index (χ1) is 28.4. The number of fused-ring (bicyclic) bond motifs is 4. The van der Waals surface area contributed by atoms with Crippen molar-refractivity contribution < 1.29 is 24.5 Å². The van der Waals surface area contributed by atoms with Gasteiger partial charge in [0.25, 0.3) is 0 Å². The molecule has 5 nitrogen and oxygen atoms in total. The van der Waals surface area contributed by atoms with Crippen LogP contribution in [-0.4, -0.2) is 32.8 Å². The van der Waals surface area contributed by atoms with Gasteiger partial charge in [0.1, 0.15) is 5.58 Å². The first kappa shape index (κ1) is 43.0. The van der Waals surface area contributed by atoms with E-state index in [0.717, 1.165) is 67.0 Å². The molecule has 9 aromatic rings. The minimum atomic E-state index is -1.72. The van der Waals surface area contributed by atoms with Crippen LogP contribution in [0, 0.1) is 26.0 Å². The summed E-state index contributed by atoms with van der Waals surface area (Å²) in [6, 6.07) is 49.0. The van der Waals surface area contributed by atoms with Gasteiger partial charge in [-0.2, -0.15) is 0 Å². The van der Waals surface area contributed by atoms with Gasteiger partial charge < -0.3 is 8.98 Å². The van der Waals surface area contributed by atoms with Crippen molar-refractivity contribution in [2.45, 2.75) is 77.2 Å². The molecule has 9 rings (SSSR count). The summed E-state index contributed by atoms with van der Waals surface area (Å²) in [5, 5.41) is 2.10. The Balaban J connectivity index is 0.000000270. The molecule has 0 aliphatic carbocycles. The van der Waals surface area contributed by atoms with E-state index in [0.29, 0.717) is 18.4 Å². The Morgan fingerprint density at radius 1 is 0.717 bits per heavy atom. The Labute approximate surface area is 371 Å². The summed E-state index contributed by atoms with van der Waals surface area (Å²) in [6.07, 6.45) is 2.04. The number of rotatable bonds is 8. The van der Waals surface area contributed by atoms with Crippen molar-refractivity contribution >= 4 is 50.6 Å². The molecule has 0 unspecified atom stereocenters. The van der Waals surface area contributed by atoms with Gasteiger partial charge in [0.05, 0.1) is 22.4 Å². The second-order valence-corrected chi connectivity index (χ2v) is 27.8. The topological polar surface area (TPSA) is 56.7 Å². The molecular formula is C53H52GeIrN4O-2. The van der Waals surface area contributed by atoms with Crippen LogP contribution in [0.1, 0.15) is 67.6 Å². The fourth-order valence-corrected chi connectivity index (χ4v) is 10.3. The number of hydrogen-bond donors (Lipinski definition) is 0. The van der Waals surface area contributed by atoms with Crippen LogP contribution in [0.2, 0.25) is 17.3 Å². The van der Waals surface area contributed by atoms with E-state index in [-0.39, 0.29) is 20.1 Å².